The molecular weight excluding hydrogens is 354 g/mol. The Labute approximate surface area is 166 Å². The Kier molecular flexibility index (Phi) is 6.10. The fourth-order valence-corrected chi connectivity index (χ4v) is 3.06. The molecule has 5 nitrogen and oxygen atoms in total. The van der Waals surface area contributed by atoms with Crippen LogP contribution in [0.3, 0.4) is 0 Å². The van der Waals surface area contributed by atoms with E-state index in [2.05, 4.69) is 37.1 Å². The summed E-state index contributed by atoms with van der Waals surface area (Å²) in [5, 5.41) is 2.79. The number of ether oxygens (including phenoxy) is 3. The highest BCUT2D eigenvalue weighted by molar-refractivity contribution is 5.78. The van der Waals surface area contributed by atoms with Gasteiger partial charge < -0.3 is 19.5 Å². The van der Waals surface area contributed by atoms with Crippen LogP contribution in [0.4, 0.5) is 0 Å². The molecule has 28 heavy (non-hydrogen) atoms. The van der Waals surface area contributed by atoms with Gasteiger partial charge in [0.2, 0.25) is 5.91 Å². The second kappa shape index (κ2) is 8.71. The number of nitrogens with one attached hydrogen (secondary N) is 1. The zero-order valence-corrected chi connectivity index (χ0v) is 16.5. The molecule has 1 aliphatic rings. The molecule has 0 fully saturated rings. The van der Waals surface area contributed by atoms with Gasteiger partial charge in [-0.3, -0.25) is 4.79 Å². The molecule has 1 N–H and O–H groups in total. The highest BCUT2D eigenvalue weighted by Gasteiger charge is 2.32. The van der Waals surface area contributed by atoms with Crippen molar-refractivity contribution in [1.82, 2.24) is 5.32 Å². The van der Waals surface area contributed by atoms with Gasteiger partial charge in [0.1, 0.15) is 18.0 Å². The summed E-state index contributed by atoms with van der Waals surface area (Å²) in [6.45, 7) is 4.65. The van der Waals surface area contributed by atoms with Crippen LogP contribution in [-0.4, -0.2) is 31.8 Å². The van der Waals surface area contributed by atoms with E-state index in [1.807, 2.05) is 36.4 Å². The van der Waals surface area contributed by atoms with Gasteiger partial charge in [-0.15, -0.1) is 0 Å². The summed E-state index contributed by atoms with van der Waals surface area (Å²) in [5.41, 5.74) is 1.87. The molecule has 0 unspecified atom stereocenters. The van der Waals surface area contributed by atoms with E-state index >= 15 is 0 Å². The SMILES string of the molecule is COc1ccc(CC(=O)NCC#CCOc2cccc3c2OC(C)(C)C3)cc1. The van der Waals surface area contributed by atoms with Crippen LogP contribution in [0.25, 0.3) is 0 Å². The molecule has 1 heterocycles. The molecular formula is C23H25NO4. The molecule has 146 valence electrons. The molecule has 0 saturated heterocycles. The van der Waals surface area contributed by atoms with Gasteiger partial charge in [-0.05, 0) is 37.6 Å². The van der Waals surface area contributed by atoms with Gasteiger partial charge in [0.15, 0.2) is 11.5 Å². The third-order valence-corrected chi connectivity index (χ3v) is 4.38. The fraction of sp³-hybridized carbons (Fsp3) is 0.348. The normalized spacial score (nSPS) is 13.5. The molecule has 0 atom stereocenters. The summed E-state index contributed by atoms with van der Waals surface area (Å²) in [6, 6.07) is 13.3. The molecule has 0 aromatic heterocycles. The van der Waals surface area contributed by atoms with Crippen molar-refractivity contribution in [3.63, 3.8) is 0 Å². The Hall–Kier alpha value is -3.13. The van der Waals surface area contributed by atoms with Crippen molar-refractivity contribution >= 4 is 5.91 Å². The number of fused-ring (bicyclic) bond motifs is 1. The summed E-state index contributed by atoms with van der Waals surface area (Å²) >= 11 is 0. The molecule has 2 aromatic rings. The molecule has 0 spiro atoms. The minimum Gasteiger partial charge on any atom is -0.497 e. The molecule has 1 aliphatic heterocycles. The Bertz CT molecular complexity index is 891. The zero-order chi connectivity index (χ0) is 20.0. The third kappa shape index (κ3) is 5.20. The minimum atomic E-state index is -0.207. The first kappa shape index (κ1) is 19.6. The fourth-order valence-electron chi connectivity index (χ4n) is 3.06. The number of rotatable bonds is 6. The van der Waals surface area contributed by atoms with Crippen LogP contribution in [0.2, 0.25) is 0 Å². The summed E-state index contributed by atoms with van der Waals surface area (Å²) in [6.07, 6.45) is 1.18. The largest absolute Gasteiger partial charge is 0.497 e. The van der Waals surface area contributed by atoms with E-state index in [-0.39, 0.29) is 24.7 Å². The predicted molar refractivity (Wildman–Crippen MR) is 108 cm³/mol. The van der Waals surface area contributed by atoms with Crippen LogP contribution in [0.5, 0.6) is 17.2 Å². The van der Waals surface area contributed by atoms with Crippen molar-refractivity contribution in [3.05, 3.63) is 53.6 Å². The van der Waals surface area contributed by atoms with Crippen molar-refractivity contribution in [3.8, 4) is 29.1 Å². The standard InChI is InChI=1S/C23H25NO4/c1-23(2)16-18-7-6-8-20(22(18)28-23)27-14-5-4-13-24-21(25)15-17-9-11-19(26-3)12-10-17/h6-12H,13-16H2,1-3H3,(H,24,25). The molecule has 3 rings (SSSR count). The summed E-state index contributed by atoms with van der Waals surface area (Å²) < 4.78 is 16.8. The van der Waals surface area contributed by atoms with Crippen LogP contribution in [0, 0.1) is 11.8 Å². The molecule has 0 bridgehead atoms. The maximum absolute atomic E-state index is 12.0. The van der Waals surface area contributed by atoms with Gasteiger partial charge >= 0.3 is 0 Å². The van der Waals surface area contributed by atoms with Gasteiger partial charge in [0, 0.05) is 12.0 Å². The van der Waals surface area contributed by atoms with Crippen LogP contribution < -0.4 is 19.5 Å². The highest BCUT2D eigenvalue weighted by Crippen LogP contribution is 2.41. The van der Waals surface area contributed by atoms with Crippen molar-refractivity contribution in [2.75, 3.05) is 20.3 Å². The number of carbonyl (C=O) groups is 1. The Balaban J connectivity index is 1.41. The second-order valence-corrected chi connectivity index (χ2v) is 7.23. The maximum Gasteiger partial charge on any atom is 0.225 e. The number of benzene rings is 2. The lowest BCUT2D eigenvalue weighted by Crippen LogP contribution is -2.25. The third-order valence-electron chi connectivity index (χ3n) is 4.38. The van der Waals surface area contributed by atoms with E-state index in [4.69, 9.17) is 14.2 Å². The van der Waals surface area contributed by atoms with E-state index in [9.17, 15) is 4.79 Å². The zero-order valence-electron chi connectivity index (χ0n) is 16.5. The van der Waals surface area contributed by atoms with Crippen molar-refractivity contribution < 1.29 is 19.0 Å². The van der Waals surface area contributed by atoms with Gasteiger partial charge in [-0.2, -0.15) is 0 Å². The number of hydrogen-bond acceptors (Lipinski definition) is 4. The first-order valence-electron chi connectivity index (χ1n) is 9.26. The number of carbonyl (C=O) groups excluding carboxylic acids is 1. The average molecular weight is 379 g/mol. The predicted octanol–water partition coefficient (Wildman–Crippen LogP) is 3.15. The first-order valence-corrected chi connectivity index (χ1v) is 9.26. The summed E-state index contributed by atoms with van der Waals surface area (Å²) in [7, 11) is 1.61. The van der Waals surface area contributed by atoms with E-state index in [1.54, 1.807) is 7.11 Å². The molecule has 2 aromatic carbocycles. The van der Waals surface area contributed by atoms with Crippen LogP contribution in [0.1, 0.15) is 25.0 Å². The molecule has 0 radical (unpaired) electrons. The lowest BCUT2D eigenvalue weighted by molar-refractivity contribution is -0.120. The monoisotopic (exact) mass is 379 g/mol. The van der Waals surface area contributed by atoms with E-state index in [0.717, 1.165) is 29.0 Å². The number of amides is 1. The Morgan fingerprint density at radius 2 is 1.96 bits per heavy atom. The summed E-state index contributed by atoms with van der Waals surface area (Å²) in [5.74, 6) is 8.04. The van der Waals surface area contributed by atoms with Crippen LogP contribution in [-0.2, 0) is 17.6 Å². The van der Waals surface area contributed by atoms with Crippen LogP contribution in [0.15, 0.2) is 42.5 Å². The Morgan fingerprint density at radius 3 is 2.71 bits per heavy atom. The van der Waals surface area contributed by atoms with Gasteiger partial charge in [-0.1, -0.05) is 36.1 Å². The number of hydrogen-bond donors (Lipinski definition) is 1. The van der Waals surface area contributed by atoms with Crippen molar-refractivity contribution in [2.24, 2.45) is 0 Å². The molecule has 0 aliphatic carbocycles. The Morgan fingerprint density at radius 1 is 1.18 bits per heavy atom. The van der Waals surface area contributed by atoms with E-state index in [1.165, 1.54) is 0 Å². The van der Waals surface area contributed by atoms with Gasteiger partial charge in [0.25, 0.3) is 0 Å². The minimum absolute atomic E-state index is 0.0723. The van der Waals surface area contributed by atoms with Gasteiger partial charge in [-0.25, -0.2) is 0 Å². The van der Waals surface area contributed by atoms with Crippen molar-refractivity contribution in [2.45, 2.75) is 32.3 Å². The highest BCUT2D eigenvalue weighted by atomic mass is 16.5. The quantitative estimate of drug-likeness (QED) is 0.784. The van der Waals surface area contributed by atoms with E-state index < -0.39 is 0 Å². The average Bonchev–Trinajstić information content (AvgIpc) is 2.99. The van der Waals surface area contributed by atoms with Crippen LogP contribution >= 0.6 is 0 Å². The second-order valence-electron chi connectivity index (χ2n) is 7.23. The maximum atomic E-state index is 12.0. The van der Waals surface area contributed by atoms with Crippen molar-refractivity contribution in [1.29, 1.82) is 0 Å². The number of para-hydroxylation sites is 1. The summed E-state index contributed by atoms with van der Waals surface area (Å²) in [4.78, 5) is 12.0. The number of methoxy groups -OCH3 is 1. The molecule has 5 heteroatoms. The molecule has 0 saturated carbocycles. The lowest BCUT2D eigenvalue weighted by Gasteiger charge is -2.17. The first-order chi connectivity index (χ1) is 13.5. The molecule has 1 amide bonds. The van der Waals surface area contributed by atoms with Gasteiger partial charge in [0.05, 0.1) is 20.1 Å². The topological polar surface area (TPSA) is 56.8 Å². The smallest absolute Gasteiger partial charge is 0.225 e. The lowest BCUT2D eigenvalue weighted by atomic mass is 10.0. The van der Waals surface area contributed by atoms with E-state index in [0.29, 0.717) is 12.2 Å².